The van der Waals surface area contributed by atoms with Crippen molar-refractivity contribution in [1.29, 1.82) is 0 Å². The monoisotopic (exact) mass is 345 g/mol. The van der Waals surface area contributed by atoms with Gasteiger partial charge in [0.15, 0.2) is 0 Å². The average Bonchev–Trinajstić information content (AvgIpc) is 2.81. The number of nitrogens with zero attached hydrogens (tertiary/aromatic N) is 2. The van der Waals surface area contributed by atoms with Crippen LogP contribution in [0.3, 0.4) is 0 Å². The van der Waals surface area contributed by atoms with E-state index >= 15 is 0 Å². The summed E-state index contributed by atoms with van der Waals surface area (Å²) < 4.78 is 0. The lowest BCUT2D eigenvalue weighted by molar-refractivity contribution is -0.128. The van der Waals surface area contributed by atoms with Crippen molar-refractivity contribution >= 4 is 17.6 Å². The Bertz CT molecular complexity index is 588. The van der Waals surface area contributed by atoms with Gasteiger partial charge in [0.2, 0.25) is 5.91 Å². The highest BCUT2D eigenvalue weighted by atomic mass is 16.2. The van der Waals surface area contributed by atoms with Crippen molar-refractivity contribution in [2.45, 2.75) is 52.5 Å². The van der Waals surface area contributed by atoms with Crippen LogP contribution in [0.2, 0.25) is 0 Å². The fourth-order valence-electron chi connectivity index (χ4n) is 3.40. The van der Waals surface area contributed by atoms with Gasteiger partial charge in [-0.3, -0.25) is 4.79 Å². The smallest absolute Gasteiger partial charge is 0.321 e. The SMILES string of the molecule is CCC[C@H]1CCCN(C(=O)Nc2cccc(CN(C)C(C)=O)c2)CC1. The van der Waals surface area contributed by atoms with E-state index in [0.717, 1.165) is 43.1 Å². The third-order valence-corrected chi connectivity index (χ3v) is 4.97. The zero-order valence-corrected chi connectivity index (χ0v) is 15.8. The molecular weight excluding hydrogens is 314 g/mol. The van der Waals surface area contributed by atoms with Gasteiger partial charge >= 0.3 is 6.03 Å². The summed E-state index contributed by atoms with van der Waals surface area (Å²) in [5.74, 6) is 0.786. The third kappa shape index (κ3) is 6.07. The Hall–Kier alpha value is -2.04. The quantitative estimate of drug-likeness (QED) is 0.873. The molecule has 1 aromatic carbocycles. The molecule has 25 heavy (non-hydrogen) atoms. The third-order valence-electron chi connectivity index (χ3n) is 4.97. The molecule has 0 aliphatic carbocycles. The van der Waals surface area contributed by atoms with E-state index in [0.29, 0.717) is 6.54 Å². The van der Waals surface area contributed by atoms with Crippen molar-refractivity contribution in [3.63, 3.8) is 0 Å². The van der Waals surface area contributed by atoms with Crippen LogP contribution in [-0.2, 0) is 11.3 Å². The van der Waals surface area contributed by atoms with E-state index in [-0.39, 0.29) is 11.9 Å². The molecule has 5 heteroatoms. The Morgan fingerprint density at radius 3 is 2.80 bits per heavy atom. The molecule has 0 aromatic heterocycles. The van der Waals surface area contributed by atoms with Gasteiger partial charge in [0, 0.05) is 39.3 Å². The zero-order chi connectivity index (χ0) is 18.2. The van der Waals surface area contributed by atoms with Crippen LogP contribution in [0.25, 0.3) is 0 Å². The second-order valence-electron chi connectivity index (χ2n) is 7.08. The number of likely N-dealkylation sites (tertiary alicyclic amines) is 1. The summed E-state index contributed by atoms with van der Waals surface area (Å²) in [4.78, 5) is 27.5. The van der Waals surface area contributed by atoms with E-state index in [9.17, 15) is 9.59 Å². The van der Waals surface area contributed by atoms with Crippen molar-refractivity contribution in [3.8, 4) is 0 Å². The van der Waals surface area contributed by atoms with Crippen LogP contribution in [0.4, 0.5) is 10.5 Å². The van der Waals surface area contributed by atoms with Crippen LogP contribution in [0.1, 0.15) is 51.5 Å². The minimum absolute atomic E-state index is 0.0192. The summed E-state index contributed by atoms with van der Waals surface area (Å²) >= 11 is 0. The number of hydrogen-bond donors (Lipinski definition) is 1. The molecule has 138 valence electrons. The topological polar surface area (TPSA) is 52.7 Å². The molecule has 1 saturated heterocycles. The van der Waals surface area contributed by atoms with Crippen LogP contribution in [0, 0.1) is 5.92 Å². The first-order valence-electron chi connectivity index (χ1n) is 9.36. The highest BCUT2D eigenvalue weighted by molar-refractivity contribution is 5.89. The lowest BCUT2D eigenvalue weighted by atomic mass is 9.96. The van der Waals surface area contributed by atoms with Gasteiger partial charge in [0.1, 0.15) is 0 Å². The Kier molecular flexibility index (Phi) is 7.29. The molecule has 1 N–H and O–H groups in total. The number of carbonyl (C=O) groups is 2. The molecule has 1 aromatic rings. The largest absolute Gasteiger partial charge is 0.342 e. The predicted octanol–water partition coefficient (Wildman–Crippen LogP) is 4.10. The highest BCUT2D eigenvalue weighted by Crippen LogP contribution is 2.22. The Balaban J connectivity index is 1.92. The second-order valence-corrected chi connectivity index (χ2v) is 7.08. The number of hydrogen-bond acceptors (Lipinski definition) is 2. The number of rotatable bonds is 5. The minimum Gasteiger partial charge on any atom is -0.342 e. The predicted molar refractivity (Wildman–Crippen MR) is 101 cm³/mol. The van der Waals surface area contributed by atoms with E-state index in [1.54, 1.807) is 18.9 Å². The molecule has 1 heterocycles. The molecule has 1 fully saturated rings. The average molecular weight is 345 g/mol. The molecule has 1 atom stereocenters. The van der Waals surface area contributed by atoms with Gasteiger partial charge in [0.25, 0.3) is 0 Å². The van der Waals surface area contributed by atoms with Crippen LogP contribution in [-0.4, -0.2) is 41.9 Å². The molecule has 1 aliphatic heterocycles. The summed E-state index contributed by atoms with van der Waals surface area (Å²) in [7, 11) is 1.78. The summed E-state index contributed by atoms with van der Waals surface area (Å²) in [6.45, 7) is 5.99. The minimum atomic E-state index is -0.0192. The molecule has 3 amide bonds. The standard InChI is InChI=1S/C20H31N3O2/c1-4-7-17-9-6-12-23(13-11-17)20(25)21-19-10-5-8-18(14-19)15-22(3)16(2)24/h5,8,10,14,17H,4,6-7,9,11-13,15H2,1-3H3,(H,21,25)/t17-/m0/s1. The summed E-state index contributed by atoms with van der Waals surface area (Å²) in [6.07, 6.45) is 5.90. The lowest BCUT2D eigenvalue weighted by Gasteiger charge is -2.21. The fourth-order valence-corrected chi connectivity index (χ4v) is 3.40. The normalized spacial score (nSPS) is 17.7. The maximum absolute atomic E-state index is 12.6. The Morgan fingerprint density at radius 1 is 1.28 bits per heavy atom. The van der Waals surface area contributed by atoms with E-state index in [1.165, 1.54) is 19.3 Å². The van der Waals surface area contributed by atoms with E-state index in [2.05, 4.69) is 12.2 Å². The second kappa shape index (κ2) is 9.44. The van der Waals surface area contributed by atoms with Gasteiger partial charge in [-0.15, -0.1) is 0 Å². The van der Waals surface area contributed by atoms with Gasteiger partial charge < -0.3 is 15.1 Å². The zero-order valence-electron chi connectivity index (χ0n) is 15.8. The summed E-state index contributed by atoms with van der Waals surface area (Å²) in [5.41, 5.74) is 1.79. The van der Waals surface area contributed by atoms with Gasteiger partial charge in [0.05, 0.1) is 0 Å². The number of urea groups is 1. The molecule has 0 radical (unpaired) electrons. The van der Waals surface area contributed by atoms with Gasteiger partial charge in [-0.1, -0.05) is 31.9 Å². The van der Waals surface area contributed by atoms with Crippen molar-refractivity contribution < 1.29 is 9.59 Å². The molecule has 1 aliphatic rings. The number of carbonyl (C=O) groups excluding carboxylic acids is 2. The maximum Gasteiger partial charge on any atom is 0.321 e. The molecule has 5 nitrogen and oxygen atoms in total. The van der Waals surface area contributed by atoms with Gasteiger partial charge in [-0.25, -0.2) is 4.79 Å². The molecular formula is C20H31N3O2. The van der Waals surface area contributed by atoms with E-state index in [1.807, 2.05) is 29.2 Å². The molecule has 0 unspecified atom stereocenters. The summed E-state index contributed by atoms with van der Waals surface area (Å²) in [6, 6.07) is 7.70. The van der Waals surface area contributed by atoms with Crippen molar-refractivity contribution in [2.75, 3.05) is 25.5 Å². The highest BCUT2D eigenvalue weighted by Gasteiger charge is 2.20. The van der Waals surface area contributed by atoms with Crippen molar-refractivity contribution in [3.05, 3.63) is 29.8 Å². The van der Waals surface area contributed by atoms with Crippen molar-refractivity contribution in [1.82, 2.24) is 9.80 Å². The molecule has 0 saturated carbocycles. The van der Waals surface area contributed by atoms with Gasteiger partial charge in [-0.05, 0) is 42.9 Å². The van der Waals surface area contributed by atoms with Gasteiger partial charge in [-0.2, -0.15) is 0 Å². The number of benzene rings is 1. The maximum atomic E-state index is 12.6. The van der Waals surface area contributed by atoms with Crippen LogP contribution in [0.15, 0.2) is 24.3 Å². The van der Waals surface area contributed by atoms with Crippen LogP contribution < -0.4 is 5.32 Å². The Labute approximate surface area is 151 Å². The number of anilines is 1. The fraction of sp³-hybridized carbons (Fsp3) is 0.600. The van der Waals surface area contributed by atoms with E-state index in [4.69, 9.17) is 0 Å². The molecule has 0 bridgehead atoms. The van der Waals surface area contributed by atoms with E-state index < -0.39 is 0 Å². The first-order valence-corrected chi connectivity index (χ1v) is 9.36. The first kappa shape index (κ1) is 19.3. The number of nitrogens with one attached hydrogen (secondary N) is 1. The van der Waals surface area contributed by atoms with Crippen LogP contribution in [0.5, 0.6) is 0 Å². The summed E-state index contributed by atoms with van der Waals surface area (Å²) in [5, 5.41) is 3.01. The van der Waals surface area contributed by atoms with Crippen LogP contribution >= 0.6 is 0 Å². The first-order chi connectivity index (χ1) is 12.0. The molecule has 0 spiro atoms. The van der Waals surface area contributed by atoms with Crippen molar-refractivity contribution in [2.24, 2.45) is 5.92 Å². The Morgan fingerprint density at radius 2 is 2.08 bits per heavy atom. The molecule has 2 rings (SSSR count). The lowest BCUT2D eigenvalue weighted by Crippen LogP contribution is -2.35. The number of amides is 3.